The molecular formula is C27H29N3O6S. The van der Waals surface area contributed by atoms with Crippen LogP contribution in [0.25, 0.3) is 0 Å². The number of nitrogens with zero attached hydrogens (tertiary/aromatic N) is 1. The summed E-state index contributed by atoms with van der Waals surface area (Å²) >= 11 is 0. The highest BCUT2D eigenvalue weighted by Crippen LogP contribution is 2.21. The molecule has 0 spiro atoms. The molecule has 0 saturated carbocycles. The minimum atomic E-state index is -3.79. The number of amides is 2. The molecule has 2 N–H and O–H groups in total. The Hall–Kier alpha value is -4.05. The van der Waals surface area contributed by atoms with Crippen molar-refractivity contribution in [2.24, 2.45) is 0 Å². The molecule has 2 amide bonds. The van der Waals surface area contributed by atoms with E-state index in [-0.39, 0.29) is 23.3 Å². The van der Waals surface area contributed by atoms with E-state index >= 15 is 0 Å². The molecule has 10 heteroatoms. The van der Waals surface area contributed by atoms with Crippen LogP contribution >= 0.6 is 0 Å². The van der Waals surface area contributed by atoms with Crippen LogP contribution < -0.4 is 19.5 Å². The number of hydrogen-bond donors (Lipinski definition) is 2. The third kappa shape index (κ3) is 7.23. The summed E-state index contributed by atoms with van der Waals surface area (Å²) in [7, 11) is -2.25. The Labute approximate surface area is 216 Å². The van der Waals surface area contributed by atoms with Crippen LogP contribution in [0.4, 0.5) is 11.4 Å². The number of hydrogen-bond acceptors (Lipinski definition) is 6. The molecule has 9 nitrogen and oxygen atoms in total. The molecule has 1 aliphatic rings. The average molecular weight is 524 g/mol. The summed E-state index contributed by atoms with van der Waals surface area (Å²) < 4.78 is 38.3. The number of rotatable bonds is 10. The SMILES string of the molecule is COc1ccc(NS(=O)(=O)c2ccc(OCC(=O)Nc3ccc(CC(=O)N4CCCC4)cc3)cc2)cc1. The highest BCUT2D eigenvalue weighted by Gasteiger charge is 2.18. The molecule has 37 heavy (non-hydrogen) atoms. The van der Waals surface area contributed by atoms with Crippen molar-refractivity contribution >= 4 is 33.2 Å². The second kappa shape index (κ2) is 11.8. The van der Waals surface area contributed by atoms with Crippen molar-refractivity contribution in [2.45, 2.75) is 24.2 Å². The molecule has 0 radical (unpaired) electrons. The van der Waals surface area contributed by atoms with Crippen LogP contribution in [0.15, 0.2) is 77.7 Å². The second-order valence-corrected chi connectivity index (χ2v) is 10.3. The molecule has 194 valence electrons. The highest BCUT2D eigenvalue weighted by molar-refractivity contribution is 7.92. The predicted molar refractivity (Wildman–Crippen MR) is 140 cm³/mol. The smallest absolute Gasteiger partial charge is 0.262 e. The van der Waals surface area contributed by atoms with Gasteiger partial charge < -0.3 is 19.7 Å². The molecule has 3 aromatic carbocycles. The molecule has 3 aromatic rings. The first-order valence-electron chi connectivity index (χ1n) is 11.9. The summed E-state index contributed by atoms with van der Waals surface area (Å²) in [4.78, 5) is 26.5. The topological polar surface area (TPSA) is 114 Å². The quantitative estimate of drug-likeness (QED) is 0.419. The molecule has 1 aliphatic heterocycles. The Morgan fingerprint density at radius 2 is 1.43 bits per heavy atom. The van der Waals surface area contributed by atoms with E-state index < -0.39 is 10.0 Å². The van der Waals surface area contributed by atoms with Crippen molar-refractivity contribution in [1.29, 1.82) is 0 Å². The summed E-state index contributed by atoms with van der Waals surface area (Å²) in [5.74, 6) is 0.737. The van der Waals surface area contributed by atoms with Gasteiger partial charge in [0.1, 0.15) is 11.5 Å². The van der Waals surface area contributed by atoms with Gasteiger partial charge in [0.25, 0.3) is 15.9 Å². The summed E-state index contributed by atoms with van der Waals surface area (Å²) in [6.07, 6.45) is 2.46. The lowest BCUT2D eigenvalue weighted by Gasteiger charge is -2.15. The first-order chi connectivity index (χ1) is 17.8. The molecule has 0 aliphatic carbocycles. The number of ether oxygens (including phenoxy) is 2. The largest absolute Gasteiger partial charge is 0.497 e. The Morgan fingerprint density at radius 1 is 0.838 bits per heavy atom. The number of nitrogens with one attached hydrogen (secondary N) is 2. The van der Waals surface area contributed by atoms with Crippen molar-refractivity contribution in [1.82, 2.24) is 4.90 Å². The molecule has 1 fully saturated rings. The molecule has 1 heterocycles. The van der Waals surface area contributed by atoms with Crippen LogP contribution in [0.2, 0.25) is 0 Å². The number of likely N-dealkylation sites (tertiary alicyclic amines) is 1. The van der Waals surface area contributed by atoms with Gasteiger partial charge in [-0.2, -0.15) is 0 Å². The maximum atomic E-state index is 12.6. The van der Waals surface area contributed by atoms with E-state index in [2.05, 4.69) is 10.0 Å². The van der Waals surface area contributed by atoms with Gasteiger partial charge in [-0.15, -0.1) is 0 Å². The second-order valence-electron chi connectivity index (χ2n) is 8.60. The lowest BCUT2D eigenvalue weighted by molar-refractivity contribution is -0.129. The zero-order valence-corrected chi connectivity index (χ0v) is 21.3. The van der Waals surface area contributed by atoms with Crippen LogP contribution in [0.5, 0.6) is 11.5 Å². The van der Waals surface area contributed by atoms with E-state index in [1.54, 1.807) is 36.4 Å². The van der Waals surface area contributed by atoms with Crippen LogP contribution in [0, 0.1) is 0 Å². The minimum Gasteiger partial charge on any atom is -0.497 e. The molecule has 0 atom stereocenters. The first kappa shape index (κ1) is 26.0. The van der Waals surface area contributed by atoms with Gasteiger partial charge in [-0.25, -0.2) is 8.42 Å². The summed E-state index contributed by atoms with van der Waals surface area (Å²) in [6, 6.07) is 19.5. The van der Waals surface area contributed by atoms with Gasteiger partial charge in [0, 0.05) is 24.5 Å². The van der Waals surface area contributed by atoms with Crippen molar-refractivity contribution in [2.75, 3.05) is 36.8 Å². The zero-order valence-electron chi connectivity index (χ0n) is 20.5. The molecule has 0 unspecified atom stereocenters. The van der Waals surface area contributed by atoms with Gasteiger partial charge in [-0.05, 0) is 79.1 Å². The summed E-state index contributed by atoms with van der Waals surface area (Å²) in [6.45, 7) is 1.41. The molecular weight excluding hydrogens is 494 g/mol. The van der Waals surface area contributed by atoms with Gasteiger partial charge in [0.05, 0.1) is 18.4 Å². The van der Waals surface area contributed by atoms with E-state index in [4.69, 9.17) is 9.47 Å². The Morgan fingerprint density at radius 3 is 2.05 bits per heavy atom. The lowest BCUT2D eigenvalue weighted by Crippen LogP contribution is -2.29. The van der Waals surface area contributed by atoms with Gasteiger partial charge >= 0.3 is 0 Å². The third-order valence-corrected chi connectivity index (χ3v) is 7.30. The maximum Gasteiger partial charge on any atom is 0.262 e. The van der Waals surface area contributed by atoms with E-state index in [1.165, 1.54) is 31.4 Å². The lowest BCUT2D eigenvalue weighted by atomic mass is 10.1. The van der Waals surface area contributed by atoms with Crippen molar-refractivity contribution in [3.8, 4) is 11.5 Å². The van der Waals surface area contributed by atoms with E-state index in [0.29, 0.717) is 29.3 Å². The molecule has 1 saturated heterocycles. The highest BCUT2D eigenvalue weighted by atomic mass is 32.2. The first-order valence-corrected chi connectivity index (χ1v) is 13.4. The zero-order chi connectivity index (χ0) is 26.3. The number of carbonyl (C=O) groups excluding carboxylic acids is 2. The standard InChI is InChI=1S/C27H29N3O6S/c1-35-23-10-8-22(9-11-23)29-37(33,34)25-14-12-24(13-15-25)36-19-26(31)28-21-6-4-20(5-7-21)18-27(32)30-16-2-3-17-30/h4-15,29H,2-3,16-19H2,1H3,(H,28,31). The van der Waals surface area contributed by atoms with Gasteiger partial charge in [-0.1, -0.05) is 12.1 Å². The van der Waals surface area contributed by atoms with Crippen LogP contribution in [-0.4, -0.2) is 51.9 Å². The maximum absolute atomic E-state index is 12.6. The van der Waals surface area contributed by atoms with Crippen LogP contribution in [0.1, 0.15) is 18.4 Å². The van der Waals surface area contributed by atoms with Gasteiger partial charge in [-0.3, -0.25) is 14.3 Å². The number of carbonyl (C=O) groups is 2. The number of anilines is 2. The fourth-order valence-electron chi connectivity index (χ4n) is 3.89. The van der Waals surface area contributed by atoms with E-state index in [0.717, 1.165) is 31.5 Å². The van der Waals surface area contributed by atoms with E-state index in [1.807, 2.05) is 17.0 Å². The van der Waals surface area contributed by atoms with Crippen LogP contribution in [0.3, 0.4) is 0 Å². The number of methoxy groups -OCH3 is 1. The minimum absolute atomic E-state index is 0.0587. The normalized spacial score (nSPS) is 13.2. The number of benzene rings is 3. The van der Waals surface area contributed by atoms with Gasteiger partial charge in [0.15, 0.2) is 6.61 Å². The van der Waals surface area contributed by atoms with Crippen molar-refractivity contribution in [3.63, 3.8) is 0 Å². The fraction of sp³-hybridized carbons (Fsp3) is 0.259. The monoisotopic (exact) mass is 523 g/mol. The molecule has 0 bridgehead atoms. The van der Waals surface area contributed by atoms with Gasteiger partial charge in [0.2, 0.25) is 5.91 Å². The Kier molecular flexibility index (Phi) is 8.29. The summed E-state index contributed by atoms with van der Waals surface area (Å²) in [5, 5.41) is 2.74. The third-order valence-electron chi connectivity index (χ3n) is 5.90. The molecule has 0 aromatic heterocycles. The number of sulfonamides is 1. The predicted octanol–water partition coefficient (Wildman–Crippen LogP) is 3.68. The van der Waals surface area contributed by atoms with E-state index in [9.17, 15) is 18.0 Å². The average Bonchev–Trinajstić information content (AvgIpc) is 3.45. The Bertz CT molecular complexity index is 1320. The molecule has 4 rings (SSSR count). The fourth-order valence-corrected chi connectivity index (χ4v) is 4.95. The van der Waals surface area contributed by atoms with Crippen LogP contribution in [-0.2, 0) is 26.0 Å². The van der Waals surface area contributed by atoms with Crippen molar-refractivity contribution in [3.05, 3.63) is 78.4 Å². The Balaban J connectivity index is 1.25. The van der Waals surface area contributed by atoms with Crippen molar-refractivity contribution < 1.29 is 27.5 Å². The summed E-state index contributed by atoms with van der Waals surface area (Å²) in [5.41, 5.74) is 1.89.